The van der Waals surface area contributed by atoms with Crippen LogP contribution in [0.1, 0.15) is 44.1 Å². The molecule has 1 saturated heterocycles. The molecular formula is C24H31BrClFN2O3. The average molecular weight is 530 g/mol. The molecule has 4 fully saturated rings. The normalized spacial score (nSPS) is 30.1. The molecule has 0 unspecified atom stereocenters. The summed E-state index contributed by atoms with van der Waals surface area (Å²) < 4.78 is 20.7. The van der Waals surface area contributed by atoms with Crippen LogP contribution in [0.25, 0.3) is 0 Å². The molecule has 32 heavy (non-hydrogen) atoms. The lowest BCUT2D eigenvalue weighted by Crippen LogP contribution is -2.42. The summed E-state index contributed by atoms with van der Waals surface area (Å²) in [7, 11) is 0. The third-order valence-electron chi connectivity index (χ3n) is 8.31. The van der Waals surface area contributed by atoms with Crippen LogP contribution in [-0.2, 0) is 20.9 Å². The van der Waals surface area contributed by atoms with Gasteiger partial charge in [-0.05, 0) is 86.9 Å². The van der Waals surface area contributed by atoms with Crippen molar-refractivity contribution in [3.05, 3.63) is 34.1 Å². The minimum atomic E-state index is -0.349. The standard InChI is InChI=1S/C24H30BrFN2O3.ClH/c25-16-2-1-15(19(26)11-16)12-28-22(29)20-17-3-4-18(24(17)7-8-24)21(20)23(30)31-13-14-5-9-27-10-6-14;/h1-2,11,14,17-18,20-21,27H,3-10,12-13H2,(H,28,29);1H/t17-,18+,20+,21+;/m0./s1. The summed E-state index contributed by atoms with van der Waals surface area (Å²) in [4.78, 5) is 26.5. The van der Waals surface area contributed by atoms with Gasteiger partial charge in [0.05, 0.1) is 18.4 Å². The zero-order chi connectivity index (χ0) is 21.6. The molecule has 1 amide bonds. The predicted molar refractivity (Wildman–Crippen MR) is 125 cm³/mol. The Balaban J connectivity index is 0.00000245. The predicted octanol–water partition coefficient (Wildman–Crippen LogP) is 4.22. The number of rotatable bonds is 6. The van der Waals surface area contributed by atoms with Crippen LogP contribution in [0.15, 0.2) is 22.7 Å². The number of amides is 1. The van der Waals surface area contributed by atoms with Crippen LogP contribution in [0, 0.1) is 40.8 Å². The van der Waals surface area contributed by atoms with E-state index in [2.05, 4.69) is 26.6 Å². The summed E-state index contributed by atoms with van der Waals surface area (Å²) in [6.07, 6.45) is 6.31. The Morgan fingerprint density at radius 3 is 2.47 bits per heavy atom. The van der Waals surface area contributed by atoms with Gasteiger partial charge in [0.2, 0.25) is 5.91 Å². The zero-order valence-electron chi connectivity index (χ0n) is 18.1. The SMILES string of the molecule is Cl.O=C(OCC1CCNCC1)[C@H]1[C@H](C(=O)NCc2ccc(Br)cc2F)[C@@H]2CC[C@H]1C21CC1. The van der Waals surface area contributed by atoms with Crippen molar-refractivity contribution in [2.75, 3.05) is 19.7 Å². The summed E-state index contributed by atoms with van der Waals surface area (Å²) in [6, 6.07) is 4.84. The molecule has 5 nitrogen and oxygen atoms in total. The average Bonchev–Trinajstić information content (AvgIpc) is 3.44. The van der Waals surface area contributed by atoms with Crippen LogP contribution in [0.5, 0.6) is 0 Å². The number of carbonyl (C=O) groups excluding carboxylic acids is 2. The van der Waals surface area contributed by atoms with Crippen LogP contribution in [-0.4, -0.2) is 31.6 Å². The third kappa shape index (κ3) is 4.32. The summed E-state index contributed by atoms with van der Waals surface area (Å²) in [5, 5.41) is 6.26. The van der Waals surface area contributed by atoms with E-state index in [1.807, 2.05) is 0 Å². The Morgan fingerprint density at radius 2 is 1.81 bits per heavy atom. The number of esters is 1. The van der Waals surface area contributed by atoms with Gasteiger partial charge in [-0.1, -0.05) is 22.0 Å². The minimum Gasteiger partial charge on any atom is -0.465 e. The molecule has 4 atom stereocenters. The van der Waals surface area contributed by atoms with Gasteiger partial charge in [0.25, 0.3) is 0 Å². The van der Waals surface area contributed by atoms with Crippen LogP contribution < -0.4 is 10.6 Å². The van der Waals surface area contributed by atoms with E-state index in [0.29, 0.717) is 22.6 Å². The molecule has 1 aromatic carbocycles. The number of carbonyl (C=O) groups is 2. The number of ether oxygens (including phenoxy) is 1. The lowest BCUT2D eigenvalue weighted by molar-refractivity contribution is -0.157. The number of halogens is 3. The molecule has 176 valence electrons. The van der Waals surface area contributed by atoms with E-state index in [1.165, 1.54) is 6.07 Å². The van der Waals surface area contributed by atoms with E-state index in [1.54, 1.807) is 12.1 Å². The molecule has 4 aliphatic rings. The Morgan fingerprint density at radius 1 is 1.12 bits per heavy atom. The number of nitrogens with one attached hydrogen (secondary N) is 2. The number of benzene rings is 1. The lowest BCUT2D eigenvalue weighted by atomic mass is 9.78. The molecule has 1 aliphatic heterocycles. The Labute approximate surface area is 203 Å². The first-order valence-electron chi connectivity index (χ1n) is 11.6. The van der Waals surface area contributed by atoms with E-state index >= 15 is 0 Å². The van der Waals surface area contributed by atoms with E-state index in [9.17, 15) is 14.0 Å². The molecule has 1 spiro atoms. The first-order valence-corrected chi connectivity index (χ1v) is 12.4. The van der Waals surface area contributed by atoms with Gasteiger partial charge in [0.1, 0.15) is 5.82 Å². The summed E-state index contributed by atoms with van der Waals surface area (Å²) in [5.74, 6) is -0.429. The summed E-state index contributed by atoms with van der Waals surface area (Å²) >= 11 is 3.26. The fourth-order valence-electron chi connectivity index (χ4n) is 6.64. The van der Waals surface area contributed by atoms with E-state index in [-0.39, 0.29) is 65.7 Å². The van der Waals surface area contributed by atoms with Gasteiger partial charge in [-0.3, -0.25) is 9.59 Å². The maximum Gasteiger partial charge on any atom is 0.310 e. The van der Waals surface area contributed by atoms with E-state index in [4.69, 9.17) is 4.74 Å². The molecule has 1 aromatic rings. The van der Waals surface area contributed by atoms with E-state index < -0.39 is 0 Å². The third-order valence-corrected chi connectivity index (χ3v) is 8.80. The number of hydrogen-bond acceptors (Lipinski definition) is 4. The van der Waals surface area contributed by atoms with Crippen LogP contribution >= 0.6 is 28.3 Å². The van der Waals surface area contributed by atoms with Crippen molar-refractivity contribution in [2.45, 2.75) is 45.1 Å². The lowest BCUT2D eigenvalue weighted by Gasteiger charge is -2.29. The van der Waals surface area contributed by atoms with Gasteiger partial charge in [-0.25, -0.2) is 4.39 Å². The molecule has 0 radical (unpaired) electrons. The van der Waals surface area contributed by atoms with Crippen molar-refractivity contribution < 1.29 is 18.7 Å². The fourth-order valence-corrected chi connectivity index (χ4v) is 6.97. The minimum absolute atomic E-state index is 0. The van der Waals surface area contributed by atoms with Crippen molar-refractivity contribution in [3.63, 3.8) is 0 Å². The monoisotopic (exact) mass is 528 g/mol. The first-order chi connectivity index (χ1) is 15.0. The molecule has 2 N–H and O–H groups in total. The quantitative estimate of drug-likeness (QED) is 0.542. The maximum absolute atomic E-state index is 14.2. The molecule has 3 saturated carbocycles. The second-order valence-corrected chi connectivity index (χ2v) is 10.8. The van der Waals surface area contributed by atoms with Gasteiger partial charge in [0, 0.05) is 16.6 Å². The van der Waals surface area contributed by atoms with Gasteiger partial charge < -0.3 is 15.4 Å². The van der Waals surface area contributed by atoms with Crippen LogP contribution in [0.3, 0.4) is 0 Å². The zero-order valence-corrected chi connectivity index (χ0v) is 20.5. The van der Waals surface area contributed by atoms with Crippen LogP contribution in [0.2, 0.25) is 0 Å². The molecule has 1 heterocycles. The van der Waals surface area contributed by atoms with Crippen molar-refractivity contribution in [1.29, 1.82) is 0 Å². The summed E-state index contributed by atoms with van der Waals surface area (Å²) in [6.45, 7) is 2.53. The largest absolute Gasteiger partial charge is 0.465 e. The van der Waals surface area contributed by atoms with Crippen molar-refractivity contribution >= 4 is 40.2 Å². The van der Waals surface area contributed by atoms with Gasteiger partial charge >= 0.3 is 5.97 Å². The maximum atomic E-state index is 14.2. The van der Waals surface area contributed by atoms with Crippen LogP contribution in [0.4, 0.5) is 4.39 Å². The highest BCUT2D eigenvalue weighted by atomic mass is 79.9. The van der Waals surface area contributed by atoms with Crippen molar-refractivity contribution in [1.82, 2.24) is 10.6 Å². The smallest absolute Gasteiger partial charge is 0.310 e. The van der Waals surface area contributed by atoms with Crippen molar-refractivity contribution in [2.24, 2.45) is 35.0 Å². The van der Waals surface area contributed by atoms with Gasteiger partial charge in [-0.2, -0.15) is 0 Å². The Kier molecular flexibility index (Phi) is 7.18. The Hall–Kier alpha value is -1.18. The molecule has 3 aliphatic carbocycles. The summed E-state index contributed by atoms with van der Waals surface area (Å²) in [5.41, 5.74) is 0.620. The van der Waals surface area contributed by atoms with E-state index in [0.717, 1.165) is 51.6 Å². The number of hydrogen-bond donors (Lipinski definition) is 2. The highest BCUT2D eigenvalue weighted by molar-refractivity contribution is 9.10. The number of piperidine rings is 1. The molecule has 0 aromatic heterocycles. The highest BCUT2D eigenvalue weighted by Gasteiger charge is 2.71. The molecule has 5 rings (SSSR count). The van der Waals surface area contributed by atoms with Gasteiger partial charge in [0.15, 0.2) is 0 Å². The second kappa shape index (κ2) is 9.59. The highest BCUT2D eigenvalue weighted by Crippen LogP contribution is 2.74. The fraction of sp³-hybridized carbons (Fsp3) is 0.667. The van der Waals surface area contributed by atoms with Crippen molar-refractivity contribution in [3.8, 4) is 0 Å². The topological polar surface area (TPSA) is 67.4 Å². The first kappa shape index (κ1) is 24.0. The van der Waals surface area contributed by atoms with Gasteiger partial charge in [-0.15, -0.1) is 12.4 Å². The molecule has 8 heteroatoms. The second-order valence-electron chi connectivity index (χ2n) is 9.85. The molecule has 2 bridgehead atoms. The molecular weight excluding hydrogens is 499 g/mol. The Bertz CT molecular complexity index is 875.